The summed E-state index contributed by atoms with van der Waals surface area (Å²) in [5.41, 5.74) is 4.85. The summed E-state index contributed by atoms with van der Waals surface area (Å²) >= 11 is 5.60. The highest BCUT2D eigenvalue weighted by atomic mass is 32.1. The van der Waals surface area contributed by atoms with Gasteiger partial charge in [0.25, 0.3) is 0 Å². The van der Waals surface area contributed by atoms with Gasteiger partial charge < -0.3 is 15.4 Å². The van der Waals surface area contributed by atoms with Crippen molar-refractivity contribution in [3.8, 4) is 0 Å². The number of nitrogens with one attached hydrogen (secondary N) is 2. The first-order valence-electron chi connectivity index (χ1n) is 9.67. The van der Waals surface area contributed by atoms with Crippen LogP contribution in [0.15, 0.2) is 48.5 Å². The topological polar surface area (TPSA) is 36.5 Å². The van der Waals surface area contributed by atoms with Gasteiger partial charge in [-0.2, -0.15) is 0 Å². The molecule has 1 fully saturated rings. The van der Waals surface area contributed by atoms with Crippen molar-refractivity contribution >= 4 is 23.0 Å². The van der Waals surface area contributed by atoms with Gasteiger partial charge in [0.2, 0.25) is 0 Å². The van der Waals surface area contributed by atoms with Crippen LogP contribution in [0.25, 0.3) is 0 Å². The monoisotopic (exact) mass is 383 g/mol. The van der Waals surface area contributed by atoms with E-state index >= 15 is 0 Å². The Kier molecular flexibility index (Phi) is 7.21. The molecule has 0 saturated carbocycles. The Morgan fingerprint density at radius 1 is 1.07 bits per heavy atom. The number of morpholine rings is 1. The standard InChI is InChI=1S/C22H29N3OS/c1-3-18-6-10-20(11-7-18)23-22(27)24-21(16-25-12-14-26-15-13-25)19-8-4-17(2)5-9-19/h4-11,21H,3,12-16H2,1-2H3,(H2,23,24,27)/t21-/m1/s1. The predicted octanol–water partition coefficient (Wildman–Crippen LogP) is 3.92. The SMILES string of the molecule is CCc1ccc(NC(=S)N[C@H](CN2CCOCC2)c2ccc(C)cc2)cc1. The van der Waals surface area contributed by atoms with E-state index in [0.29, 0.717) is 5.11 Å². The number of rotatable bonds is 6. The van der Waals surface area contributed by atoms with E-state index in [1.807, 2.05) is 0 Å². The quantitative estimate of drug-likeness (QED) is 0.740. The second kappa shape index (κ2) is 9.83. The molecule has 3 rings (SSSR count). The van der Waals surface area contributed by atoms with E-state index in [9.17, 15) is 0 Å². The summed E-state index contributed by atoms with van der Waals surface area (Å²) in [6.45, 7) is 8.70. The smallest absolute Gasteiger partial charge is 0.171 e. The molecule has 0 aromatic heterocycles. The Labute approximate surface area is 167 Å². The van der Waals surface area contributed by atoms with Crippen LogP contribution in [0, 0.1) is 6.92 Å². The van der Waals surface area contributed by atoms with Crippen LogP contribution in [-0.4, -0.2) is 42.9 Å². The average Bonchev–Trinajstić information content (AvgIpc) is 2.69. The third kappa shape index (κ3) is 6.03. The number of aryl methyl sites for hydroxylation is 2. The molecule has 2 aromatic rings. The zero-order chi connectivity index (χ0) is 19.1. The van der Waals surface area contributed by atoms with Crippen molar-refractivity contribution < 1.29 is 4.74 Å². The number of ether oxygens (including phenoxy) is 1. The Hall–Kier alpha value is -1.95. The first kappa shape index (κ1) is 19.8. The van der Waals surface area contributed by atoms with Crippen molar-refractivity contribution in [2.75, 3.05) is 38.2 Å². The number of benzene rings is 2. The maximum absolute atomic E-state index is 5.60. The molecule has 4 nitrogen and oxygen atoms in total. The van der Waals surface area contributed by atoms with Crippen LogP contribution in [0.2, 0.25) is 0 Å². The lowest BCUT2D eigenvalue weighted by Crippen LogP contribution is -2.44. The molecule has 2 N–H and O–H groups in total. The summed E-state index contributed by atoms with van der Waals surface area (Å²) < 4.78 is 5.48. The van der Waals surface area contributed by atoms with Crippen LogP contribution in [0.4, 0.5) is 5.69 Å². The summed E-state index contributed by atoms with van der Waals surface area (Å²) in [7, 11) is 0. The average molecular weight is 384 g/mol. The number of nitrogens with zero attached hydrogens (tertiary/aromatic N) is 1. The Bertz CT molecular complexity index is 724. The van der Waals surface area contributed by atoms with Crippen LogP contribution in [0.3, 0.4) is 0 Å². The molecule has 1 aliphatic heterocycles. The molecular formula is C22H29N3OS. The number of hydrogen-bond acceptors (Lipinski definition) is 3. The molecular weight excluding hydrogens is 354 g/mol. The van der Waals surface area contributed by atoms with Crippen LogP contribution in [0.5, 0.6) is 0 Å². The van der Waals surface area contributed by atoms with E-state index in [1.165, 1.54) is 16.7 Å². The lowest BCUT2D eigenvalue weighted by Gasteiger charge is -2.31. The van der Waals surface area contributed by atoms with Crippen LogP contribution in [0.1, 0.15) is 29.7 Å². The molecule has 2 aromatic carbocycles. The molecule has 0 radical (unpaired) electrons. The summed E-state index contributed by atoms with van der Waals surface area (Å²) in [5, 5.41) is 7.49. The fraction of sp³-hybridized carbons (Fsp3) is 0.409. The highest BCUT2D eigenvalue weighted by Gasteiger charge is 2.19. The minimum Gasteiger partial charge on any atom is -0.379 e. The van der Waals surface area contributed by atoms with Crippen LogP contribution >= 0.6 is 12.2 Å². The van der Waals surface area contributed by atoms with Gasteiger partial charge >= 0.3 is 0 Å². The predicted molar refractivity (Wildman–Crippen MR) is 116 cm³/mol. The molecule has 144 valence electrons. The van der Waals surface area contributed by atoms with Gasteiger partial charge in [-0.25, -0.2) is 0 Å². The Balaban J connectivity index is 1.67. The van der Waals surface area contributed by atoms with Crippen molar-refractivity contribution in [1.29, 1.82) is 0 Å². The van der Waals surface area contributed by atoms with Gasteiger partial charge in [-0.3, -0.25) is 4.90 Å². The first-order valence-corrected chi connectivity index (χ1v) is 10.1. The van der Waals surface area contributed by atoms with E-state index in [1.54, 1.807) is 0 Å². The number of anilines is 1. The molecule has 0 amide bonds. The molecule has 5 heteroatoms. The summed E-state index contributed by atoms with van der Waals surface area (Å²) in [5.74, 6) is 0. The van der Waals surface area contributed by atoms with Gasteiger partial charge in [-0.1, -0.05) is 48.9 Å². The molecule has 1 heterocycles. The van der Waals surface area contributed by atoms with Crippen molar-refractivity contribution in [3.05, 3.63) is 65.2 Å². The molecule has 1 atom stereocenters. The second-order valence-corrected chi connectivity index (χ2v) is 7.43. The third-order valence-corrected chi connectivity index (χ3v) is 5.17. The summed E-state index contributed by atoms with van der Waals surface area (Å²) in [6, 6.07) is 17.3. The lowest BCUT2D eigenvalue weighted by molar-refractivity contribution is 0.0344. The van der Waals surface area contributed by atoms with Crippen molar-refractivity contribution in [1.82, 2.24) is 10.2 Å². The Morgan fingerprint density at radius 2 is 1.74 bits per heavy atom. The number of hydrogen-bond donors (Lipinski definition) is 2. The van der Waals surface area contributed by atoms with Gasteiger partial charge in [-0.05, 0) is 48.8 Å². The van der Waals surface area contributed by atoms with Crippen molar-refractivity contribution in [2.45, 2.75) is 26.3 Å². The maximum Gasteiger partial charge on any atom is 0.171 e. The fourth-order valence-electron chi connectivity index (χ4n) is 3.22. The van der Waals surface area contributed by atoms with E-state index in [0.717, 1.165) is 45.0 Å². The van der Waals surface area contributed by atoms with Crippen molar-refractivity contribution in [3.63, 3.8) is 0 Å². The number of thiocarbonyl (C=S) groups is 1. The van der Waals surface area contributed by atoms with Crippen LogP contribution in [-0.2, 0) is 11.2 Å². The molecule has 1 saturated heterocycles. The fourth-order valence-corrected chi connectivity index (χ4v) is 3.48. The van der Waals surface area contributed by atoms with E-state index < -0.39 is 0 Å². The first-order chi connectivity index (χ1) is 13.1. The van der Waals surface area contributed by atoms with Gasteiger partial charge in [0.15, 0.2) is 5.11 Å². The zero-order valence-corrected chi connectivity index (χ0v) is 17.0. The molecule has 0 aliphatic carbocycles. The van der Waals surface area contributed by atoms with Gasteiger partial charge in [0.1, 0.15) is 0 Å². The lowest BCUT2D eigenvalue weighted by atomic mass is 10.0. The highest BCUT2D eigenvalue weighted by molar-refractivity contribution is 7.80. The molecule has 0 spiro atoms. The molecule has 27 heavy (non-hydrogen) atoms. The van der Waals surface area contributed by atoms with E-state index in [4.69, 9.17) is 17.0 Å². The molecule has 0 bridgehead atoms. The third-order valence-electron chi connectivity index (χ3n) is 4.95. The zero-order valence-electron chi connectivity index (χ0n) is 16.2. The summed E-state index contributed by atoms with van der Waals surface area (Å²) in [6.07, 6.45) is 1.04. The summed E-state index contributed by atoms with van der Waals surface area (Å²) in [4.78, 5) is 2.43. The van der Waals surface area contributed by atoms with Gasteiger partial charge in [0.05, 0.1) is 19.3 Å². The second-order valence-electron chi connectivity index (χ2n) is 7.03. The maximum atomic E-state index is 5.60. The van der Waals surface area contributed by atoms with Gasteiger partial charge in [0, 0.05) is 25.3 Å². The van der Waals surface area contributed by atoms with E-state index in [-0.39, 0.29) is 6.04 Å². The van der Waals surface area contributed by atoms with Crippen molar-refractivity contribution in [2.24, 2.45) is 0 Å². The van der Waals surface area contributed by atoms with Crippen LogP contribution < -0.4 is 10.6 Å². The van der Waals surface area contributed by atoms with E-state index in [2.05, 4.69) is 77.9 Å². The molecule has 0 unspecified atom stereocenters. The normalized spacial score (nSPS) is 15.9. The largest absolute Gasteiger partial charge is 0.379 e. The molecule has 1 aliphatic rings. The Morgan fingerprint density at radius 3 is 2.37 bits per heavy atom. The highest BCUT2D eigenvalue weighted by Crippen LogP contribution is 2.17. The minimum atomic E-state index is 0.138. The minimum absolute atomic E-state index is 0.138. The van der Waals surface area contributed by atoms with Gasteiger partial charge in [-0.15, -0.1) is 0 Å².